The predicted octanol–water partition coefficient (Wildman–Crippen LogP) is 3.36. The molecule has 2 amide bonds. The average molecular weight is 450 g/mol. The number of hydrogen-bond acceptors (Lipinski definition) is 5. The van der Waals surface area contributed by atoms with Crippen molar-refractivity contribution in [2.75, 3.05) is 38.0 Å². The molecule has 2 heterocycles. The number of piperazine rings is 1. The molecule has 3 aliphatic rings. The molecular formula is C26H31N3O4. The van der Waals surface area contributed by atoms with Gasteiger partial charge in [0.15, 0.2) is 11.5 Å². The third kappa shape index (κ3) is 4.98. The van der Waals surface area contributed by atoms with Gasteiger partial charge in [-0.2, -0.15) is 0 Å². The van der Waals surface area contributed by atoms with Gasteiger partial charge in [0.05, 0.1) is 13.0 Å². The first-order valence-corrected chi connectivity index (χ1v) is 11.9. The van der Waals surface area contributed by atoms with Gasteiger partial charge in [-0.3, -0.25) is 14.5 Å². The molecule has 5 rings (SSSR count). The molecule has 2 fully saturated rings. The van der Waals surface area contributed by atoms with E-state index in [1.807, 2.05) is 54.3 Å². The summed E-state index contributed by atoms with van der Waals surface area (Å²) in [5, 5.41) is 2.97. The first-order chi connectivity index (χ1) is 16.0. The first kappa shape index (κ1) is 21.8. The molecule has 174 valence electrons. The predicted molar refractivity (Wildman–Crippen MR) is 125 cm³/mol. The third-order valence-electron chi connectivity index (χ3n) is 6.75. The fourth-order valence-corrected chi connectivity index (χ4v) is 4.84. The molecule has 2 aromatic carbocycles. The molecule has 0 radical (unpaired) electrons. The molecule has 7 heteroatoms. The van der Waals surface area contributed by atoms with Gasteiger partial charge in [0, 0.05) is 50.8 Å². The molecule has 2 aliphatic heterocycles. The maximum atomic E-state index is 12.6. The molecular weight excluding hydrogens is 418 g/mol. The minimum atomic E-state index is -0.498. The van der Waals surface area contributed by atoms with Crippen LogP contribution in [-0.4, -0.2) is 60.1 Å². The quantitative estimate of drug-likeness (QED) is 0.758. The monoisotopic (exact) mass is 449 g/mol. The number of anilines is 1. The molecule has 1 saturated heterocycles. The zero-order valence-corrected chi connectivity index (χ0v) is 19.1. The Balaban J connectivity index is 1.08. The lowest BCUT2D eigenvalue weighted by molar-refractivity contribution is -0.132. The highest BCUT2D eigenvalue weighted by Crippen LogP contribution is 2.47. The number of aryl methyl sites for hydroxylation is 1. The molecule has 0 atom stereocenters. The van der Waals surface area contributed by atoms with Crippen LogP contribution in [0.2, 0.25) is 0 Å². The van der Waals surface area contributed by atoms with Crippen LogP contribution in [0.15, 0.2) is 42.5 Å². The molecule has 33 heavy (non-hydrogen) atoms. The van der Waals surface area contributed by atoms with Crippen LogP contribution in [0.25, 0.3) is 0 Å². The van der Waals surface area contributed by atoms with E-state index in [1.165, 1.54) is 5.56 Å². The van der Waals surface area contributed by atoms with Crippen molar-refractivity contribution in [1.29, 1.82) is 0 Å². The number of carbonyl (C=O) groups excluding carboxylic acids is 2. The summed E-state index contributed by atoms with van der Waals surface area (Å²) in [5.74, 6) is 1.03. The molecule has 7 nitrogen and oxygen atoms in total. The Morgan fingerprint density at radius 2 is 1.64 bits per heavy atom. The van der Waals surface area contributed by atoms with Crippen LogP contribution >= 0.6 is 0 Å². The van der Waals surface area contributed by atoms with Gasteiger partial charge < -0.3 is 19.7 Å². The van der Waals surface area contributed by atoms with Crippen molar-refractivity contribution in [2.24, 2.45) is 0 Å². The highest BCUT2D eigenvalue weighted by Gasteiger charge is 2.44. The second kappa shape index (κ2) is 9.06. The summed E-state index contributed by atoms with van der Waals surface area (Å²) in [5.41, 5.74) is 2.94. The summed E-state index contributed by atoms with van der Waals surface area (Å²) in [6.45, 7) is 5.01. The zero-order chi connectivity index (χ0) is 22.8. The van der Waals surface area contributed by atoms with E-state index in [2.05, 4.69) is 10.2 Å². The molecule has 0 aromatic heterocycles. The Morgan fingerprint density at radius 1 is 0.939 bits per heavy atom. The number of amides is 2. The molecule has 0 bridgehead atoms. The van der Waals surface area contributed by atoms with Crippen molar-refractivity contribution in [3.8, 4) is 11.5 Å². The summed E-state index contributed by atoms with van der Waals surface area (Å²) < 4.78 is 12.1. The SMILES string of the molecule is Cc1ccc(CC(=O)N2CCN(CC(=O)Nc3ccc4c(c3)OC3(CCCC3)O4)CC2)cc1. The van der Waals surface area contributed by atoms with Gasteiger partial charge in [0.1, 0.15) is 0 Å². The highest BCUT2D eigenvalue weighted by atomic mass is 16.7. The number of nitrogens with one attached hydrogen (secondary N) is 1. The van der Waals surface area contributed by atoms with Crippen LogP contribution in [-0.2, 0) is 16.0 Å². The first-order valence-electron chi connectivity index (χ1n) is 11.9. The number of carbonyl (C=O) groups is 2. The van der Waals surface area contributed by atoms with E-state index >= 15 is 0 Å². The summed E-state index contributed by atoms with van der Waals surface area (Å²) >= 11 is 0. The second-order valence-electron chi connectivity index (χ2n) is 9.35. The van der Waals surface area contributed by atoms with E-state index in [0.717, 1.165) is 37.0 Å². The van der Waals surface area contributed by atoms with Crippen LogP contribution in [0.4, 0.5) is 5.69 Å². The van der Waals surface area contributed by atoms with Gasteiger partial charge in [-0.25, -0.2) is 0 Å². The Labute approximate surface area is 194 Å². The molecule has 0 unspecified atom stereocenters. The van der Waals surface area contributed by atoms with Crippen molar-refractivity contribution < 1.29 is 19.1 Å². The molecule has 1 saturated carbocycles. The van der Waals surface area contributed by atoms with Gasteiger partial charge in [-0.15, -0.1) is 0 Å². The Bertz CT molecular complexity index is 1020. The van der Waals surface area contributed by atoms with E-state index in [1.54, 1.807) is 0 Å². The van der Waals surface area contributed by atoms with Crippen molar-refractivity contribution in [3.05, 3.63) is 53.6 Å². The van der Waals surface area contributed by atoms with Gasteiger partial charge in [0.25, 0.3) is 5.79 Å². The number of hydrogen-bond donors (Lipinski definition) is 1. The van der Waals surface area contributed by atoms with Crippen LogP contribution in [0.1, 0.15) is 36.8 Å². The van der Waals surface area contributed by atoms with Gasteiger partial charge >= 0.3 is 0 Å². The van der Waals surface area contributed by atoms with Gasteiger partial charge in [0.2, 0.25) is 11.8 Å². The minimum Gasteiger partial charge on any atom is -0.448 e. The largest absolute Gasteiger partial charge is 0.448 e. The van der Waals surface area contributed by atoms with E-state index in [-0.39, 0.29) is 11.8 Å². The smallest absolute Gasteiger partial charge is 0.251 e. The summed E-state index contributed by atoms with van der Waals surface area (Å²) in [6.07, 6.45) is 4.46. The van der Waals surface area contributed by atoms with Crippen LogP contribution in [0, 0.1) is 6.92 Å². The Morgan fingerprint density at radius 3 is 2.36 bits per heavy atom. The minimum absolute atomic E-state index is 0.0659. The van der Waals surface area contributed by atoms with Crippen LogP contribution < -0.4 is 14.8 Å². The Hall–Kier alpha value is -3.06. The van der Waals surface area contributed by atoms with E-state index in [4.69, 9.17) is 9.47 Å². The van der Waals surface area contributed by atoms with Crippen LogP contribution in [0.5, 0.6) is 11.5 Å². The average Bonchev–Trinajstić information content (AvgIpc) is 3.41. The van der Waals surface area contributed by atoms with Gasteiger partial charge in [-0.1, -0.05) is 29.8 Å². The second-order valence-corrected chi connectivity index (χ2v) is 9.35. The molecule has 2 aromatic rings. The lowest BCUT2D eigenvalue weighted by atomic mass is 10.1. The molecule has 1 N–H and O–H groups in total. The summed E-state index contributed by atoms with van der Waals surface area (Å²) in [4.78, 5) is 29.2. The highest BCUT2D eigenvalue weighted by molar-refractivity contribution is 5.92. The fourth-order valence-electron chi connectivity index (χ4n) is 4.84. The number of rotatable bonds is 5. The van der Waals surface area contributed by atoms with Crippen molar-refractivity contribution in [2.45, 2.75) is 44.8 Å². The van der Waals surface area contributed by atoms with E-state index in [0.29, 0.717) is 50.6 Å². The summed E-state index contributed by atoms with van der Waals surface area (Å²) in [7, 11) is 0. The topological polar surface area (TPSA) is 71.1 Å². The van der Waals surface area contributed by atoms with Crippen molar-refractivity contribution >= 4 is 17.5 Å². The maximum absolute atomic E-state index is 12.6. The number of nitrogens with zero attached hydrogens (tertiary/aromatic N) is 2. The maximum Gasteiger partial charge on any atom is 0.251 e. The van der Waals surface area contributed by atoms with Crippen LogP contribution in [0.3, 0.4) is 0 Å². The van der Waals surface area contributed by atoms with Crippen molar-refractivity contribution in [1.82, 2.24) is 9.80 Å². The number of fused-ring (bicyclic) bond motifs is 1. The third-order valence-corrected chi connectivity index (χ3v) is 6.75. The fraction of sp³-hybridized carbons (Fsp3) is 0.462. The lowest BCUT2D eigenvalue weighted by Crippen LogP contribution is -2.50. The zero-order valence-electron chi connectivity index (χ0n) is 19.1. The lowest BCUT2D eigenvalue weighted by Gasteiger charge is -2.34. The standard InChI is InChI=1S/C26H31N3O4/c1-19-4-6-20(7-5-19)16-25(31)29-14-12-28(13-15-29)18-24(30)27-21-8-9-22-23(17-21)33-26(32-22)10-2-3-11-26/h4-9,17H,2-3,10-16,18H2,1H3,(H,27,30). The number of ether oxygens (including phenoxy) is 2. The van der Waals surface area contributed by atoms with Crippen molar-refractivity contribution in [3.63, 3.8) is 0 Å². The summed E-state index contributed by atoms with van der Waals surface area (Å²) in [6, 6.07) is 13.7. The van der Waals surface area contributed by atoms with E-state index in [9.17, 15) is 9.59 Å². The number of benzene rings is 2. The Kier molecular flexibility index (Phi) is 5.98. The molecule has 1 spiro atoms. The van der Waals surface area contributed by atoms with E-state index < -0.39 is 5.79 Å². The molecule has 1 aliphatic carbocycles. The van der Waals surface area contributed by atoms with Gasteiger partial charge in [-0.05, 0) is 37.5 Å². The normalized spacial score (nSPS) is 19.1.